The van der Waals surface area contributed by atoms with Gasteiger partial charge in [0.15, 0.2) is 0 Å². The molecule has 0 aliphatic heterocycles. The second kappa shape index (κ2) is 11.0. The second-order valence-electron chi connectivity index (χ2n) is 6.52. The van der Waals surface area contributed by atoms with Crippen LogP contribution in [0.15, 0.2) is 42.0 Å². The van der Waals surface area contributed by atoms with Crippen LogP contribution in [0.1, 0.15) is 46.9 Å². The summed E-state index contributed by atoms with van der Waals surface area (Å²) >= 11 is 2.73. The molecule has 28 heavy (non-hydrogen) atoms. The molecule has 0 radical (unpaired) electrons. The number of para-hydroxylation sites is 1. The maximum Gasteiger partial charge on any atom is 0.286 e. The van der Waals surface area contributed by atoms with Crippen molar-refractivity contribution >= 4 is 40.6 Å². The topological polar surface area (TPSA) is 84.0 Å². The average molecular weight is 417 g/mol. The monoisotopic (exact) mass is 416 g/mol. The molecule has 2 N–H and O–H groups in total. The lowest BCUT2D eigenvalue weighted by molar-refractivity contribution is -0.118. The Labute approximate surface area is 173 Å². The lowest BCUT2D eigenvalue weighted by atomic mass is 9.97. The van der Waals surface area contributed by atoms with Crippen LogP contribution in [0.2, 0.25) is 0 Å². The molecule has 0 saturated carbocycles. The number of nitrogens with zero attached hydrogens (tertiary/aromatic N) is 2. The Morgan fingerprint density at radius 2 is 2.00 bits per heavy atom. The van der Waals surface area contributed by atoms with E-state index in [0.29, 0.717) is 23.1 Å². The smallest absolute Gasteiger partial charge is 0.286 e. The first kappa shape index (κ1) is 20.5. The number of hydrogen-bond acceptors (Lipinski definition) is 6. The molecule has 1 aliphatic carbocycles. The summed E-state index contributed by atoms with van der Waals surface area (Å²) in [5.41, 5.74) is 2.19. The van der Waals surface area contributed by atoms with Gasteiger partial charge in [-0.1, -0.05) is 41.2 Å². The van der Waals surface area contributed by atoms with Gasteiger partial charge in [-0.3, -0.25) is 9.59 Å². The van der Waals surface area contributed by atoms with Crippen molar-refractivity contribution in [2.45, 2.75) is 37.9 Å². The molecule has 2 amide bonds. The third-order valence-corrected chi connectivity index (χ3v) is 6.35. The predicted molar refractivity (Wildman–Crippen MR) is 115 cm³/mol. The number of benzene rings is 1. The highest BCUT2D eigenvalue weighted by molar-refractivity contribution is 7.99. The number of carbonyl (C=O) groups is 2. The molecule has 0 atom stereocenters. The SMILES string of the molecule is O=C(CSCc1nnc(C(=O)Nc2ccccc2)s1)NCCC1=CCCCC1. The van der Waals surface area contributed by atoms with Crippen LogP contribution in [0.5, 0.6) is 0 Å². The lowest BCUT2D eigenvalue weighted by Gasteiger charge is -2.12. The van der Waals surface area contributed by atoms with E-state index in [-0.39, 0.29) is 11.8 Å². The van der Waals surface area contributed by atoms with E-state index in [0.717, 1.165) is 17.1 Å². The molecular formula is C20H24N4O2S2. The highest BCUT2D eigenvalue weighted by Crippen LogP contribution is 2.20. The molecule has 148 valence electrons. The number of thioether (sulfide) groups is 1. The van der Waals surface area contributed by atoms with Crippen LogP contribution < -0.4 is 10.6 Å². The van der Waals surface area contributed by atoms with E-state index in [2.05, 4.69) is 26.9 Å². The van der Waals surface area contributed by atoms with Crippen molar-refractivity contribution in [3.8, 4) is 0 Å². The summed E-state index contributed by atoms with van der Waals surface area (Å²) < 4.78 is 0. The Bertz CT molecular complexity index is 821. The van der Waals surface area contributed by atoms with Crippen molar-refractivity contribution in [2.75, 3.05) is 17.6 Å². The molecule has 1 aromatic carbocycles. The van der Waals surface area contributed by atoms with E-state index in [1.165, 1.54) is 54.4 Å². The number of hydrogen-bond donors (Lipinski definition) is 2. The Morgan fingerprint density at radius 3 is 2.79 bits per heavy atom. The van der Waals surface area contributed by atoms with E-state index < -0.39 is 0 Å². The van der Waals surface area contributed by atoms with Gasteiger partial charge in [0.2, 0.25) is 10.9 Å². The standard InChI is InChI=1S/C20H24N4O2S2/c25-17(21-12-11-15-7-3-1-4-8-15)13-27-14-18-23-24-20(28-18)19(26)22-16-9-5-2-6-10-16/h2,5-7,9-10H,1,3-4,8,11-14H2,(H,21,25)(H,22,26). The van der Waals surface area contributed by atoms with E-state index in [9.17, 15) is 9.59 Å². The first-order chi connectivity index (χ1) is 13.7. The van der Waals surface area contributed by atoms with Gasteiger partial charge in [-0.15, -0.1) is 22.0 Å². The largest absolute Gasteiger partial charge is 0.355 e. The van der Waals surface area contributed by atoms with Crippen LogP contribution in [0.4, 0.5) is 5.69 Å². The van der Waals surface area contributed by atoms with Gasteiger partial charge in [0.05, 0.1) is 5.75 Å². The number of anilines is 1. The number of allylic oxidation sites excluding steroid dienone is 1. The predicted octanol–water partition coefficient (Wildman–Crippen LogP) is 4.03. The summed E-state index contributed by atoms with van der Waals surface area (Å²) in [6.07, 6.45) is 8.16. The van der Waals surface area contributed by atoms with Crippen LogP contribution in [0.3, 0.4) is 0 Å². The highest BCUT2D eigenvalue weighted by Gasteiger charge is 2.13. The summed E-state index contributed by atoms with van der Waals surface area (Å²) in [5.74, 6) is 0.710. The molecule has 8 heteroatoms. The Hall–Kier alpha value is -2.19. The van der Waals surface area contributed by atoms with Gasteiger partial charge in [-0.05, 0) is 44.2 Å². The van der Waals surface area contributed by atoms with Gasteiger partial charge >= 0.3 is 0 Å². The number of aromatic nitrogens is 2. The van der Waals surface area contributed by atoms with Crippen LogP contribution in [-0.4, -0.2) is 34.3 Å². The van der Waals surface area contributed by atoms with Crippen molar-refractivity contribution in [2.24, 2.45) is 0 Å². The molecule has 2 aromatic rings. The summed E-state index contributed by atoms with van der Waals surface area (Å²) in [6, 6.07) is 9.24. The minimum absolute atomic E-state index is 0.0352. The number of carbonyl (C=O) groups excluding carboxylic acids is 2. The zero-order chi connectivity index (χ0) is 19.6. The fraction of sp³-hybridized carbons (Fsp3) is 0.400. The molecular weight excluding hydrogens is 392 g/mol. The number of rotatable bonds is 9. The molecule has 1 aromatic heterocycles. The van der Waals surface area contributed by atoms with Crippen molar-refractivity contribution < 1.29 is 9.59 Å². The molecule has 6 nitrogen and oxygen atoms in total. The number of amides is 2. The zero-order valence-electron chi connectivity index (χ0n) is 15.6. The number of nitrogens with one attached hydrogen (secondary N) is 2. The summed E-state index contributed by atoms with van der Waals surface area (Å²) in [5, 5.41) is 14.8. The van der Waals surface area contributed by atoms with Crippen LogP contribution in [-0.2, 0) is 10.5 Å². The van der Waals surface area contributed by atoms with Crippen molar-refractivity contribution in [3.05, 3.63) is 52.0 Å². The molecule has 0 saturated heterocycles. The lowest BCUT2D eigenvalue weighted by Crippen LogP contribution is -2.26. The van der Waals surface area contributed by atoms with Gasteiger partial charge in [0, 0.05) is 18.0 Å². The minimum atomic E-state index is -0.269. The molecule has 3 rings (SSSR count). The van der Waals surface area contributed by atoms with E-state index in [4.69, 9.17) is 0 Å². The summed E-state index contributed by atoms with van der Waals surface area (Å²) in [7, 11) is 0. The van der Waals surface area contributed by atoms with E-state index in [1.54, 1.807) is 0 Å². The molecule has 0 unspecified atom stereocenters. The maximum absolute atomic E-state index is 12.2. The zero-order valence-corrected chi connectivity index (χ0v) is 17.3. The van der Waals surface area contributed by atoms with Crippen LogP contribution >= 0.6 is 23.1 Å². The molecule has 0 fully saturated rings. The van der Waals surface area contributed by atoms with Crippen molar-refractivity contribution in [1.29, 1.82) is 0 Å². The fourth-order valence-electron chi connectivity index (χ4n) is 2.89. The van der Waals surface area contributed by atoms with Crippen LogP contribution in [0, 0.1) is 0 Å². The van der Waals surface area contributed by atoms with Gasteiger partial charge in [-0.25, -0.2) is 0 Å². The third-order valence-electron chi connectivity index (χ3n) is 4.30. The van der Waals surface area contributed by atoms with Gasteiger partial charge in [0.25, 0.3) is 5.91 Å². The molecule has 1 heterocycles. The summed E-state index contributed by atoms with van der Waals surface area (Å²) in [4.78, 5) is 24.1. The highest BCUT2D eigenvalue weighted by atomic mass is 32.2. The Morgan fingerprint density at radius 1 is 1.14 bits per heavy atom. The normalized spacial score (nSPS) is 13.6. The Balaban J connectivity index is 1.34. The average Bonchev–Trinajstić information content (AvgIpc) is 3.19. The summed E-state index contributed by atoms with van der Waals surface area (Å²) in [6.45, 7) is 0.702. The first-order valence-corrected chi connectivity index (χ1v) is 11.4. The van der Waals surface area contributed by atoms with E-state index in [1.807, 2.05) is 30.3 Å². The first-order valence-electron chi connectivity index (χ1n) is 9.42. The van der Waals surface area contributed by atoms with Crippen LogP contribution in [0.25, 0.3) is 0 Å². The quantitative estimate of drug-likeness (QED) is 0.603. The molecule has 1 aliphatic rings. The maximum atomic E-state index is 12.2. The van der Waals surface area contributed by atoms with Gasteiger partial charge < -0.3 is 10.6 Å². The van der Waals surface area contributed by atoms with Crippen molar-refractivity contribution in [3.63, 3.8) is 0 Å². The molecule has 0 bridgehead atoms. The second-order valence-corrected chi connectivity index (χ2v) is 8.57. The fourth-order valence-corrected chi connectivity index (χ4v) is 4.52. The van der Waals surface area contributed by atoms with Crippen molar-refractivity contribution in [1.82, 2.24) is 15.5 Å². The minimum Gasteiger partial charge on any atom is -0.355 e. The third kappa shape index (κ3) is 6.76. The Kier molecular flexibility index (Phi) is 8.05. The van der Waals surface area contributed by atoms with Gasteiger partial charge in [0.1, 0.15) is 5.01 Å². The van der Waals surface area contributed by atoms with E-state index >= 15 is 0 Å². The molecule has 0 spiro atoms. The van der Waals surface area contributed by atoms with Gasteiger partial charge in [-0.2, -0.15) is 0 Å².